The first kappa shape index (κ1) is 13.7. The summed E-state index contributed by atoms with van der Waals surface area (Å²) in [5.41, 5.74) is 6.76. The summed E-state index contributed by atoms with van der Waals surface area (Å²) in [6.07, 6.45) is 5.48. The Balaban J connectivity index is 2.85. The van der Waals surface area contributed by atoms with Gasteiger partial charge in [-0.05, 0) is 27.2 Å². The fourth-order valence-corrected chi connectivity index (χ4v) is 1.88. The van der Waals surface area contributed by atoms with Crippen LogP contribution in [0.15, 0.2) is 6.20 Å². The fraction of sp³-hybridized carbons (Fsp3) is 0.692. The Labute approximate surface area is 104 Å². The number of unbranched alkanes of at least 4 members (excludes halogenated alkanes) is 2. The van der Waals surface area contributed by atoms with Crippen molar-refractivity contribution < 1.29 is 0 Å². The molecule has 0 aliphatic rings. The van der Waals surface area contributed by atoms with E-state index >= 15 is 0 Å². The third-order valence-corrected chi connectivity index (χ3v) is 2.86. The maximum atomic E-state index is 5.67. The Hall–Kier alpha value is -1.32. The molecule has 0 saturated heterocycles. The highest BCUT2D eigenvalue weighted by atomic mass is 15.2. The highest BCUT2D eigenvalue weighted by Gasteiger charge is 2.14. The molecule has 4 nitrogen and oxygen atoms in total. The van der Waals surface area contributed by atoms with E-state index in [-0.39, 0.29) is 0 Å². The van der Waals surface area contributed by atoms with Crippen LogP contribution in [0.2, 0.25) is 0 Å². The van der Waals surface area contributed by atoms with E-state index in [1.807, 2.05) is 6.92 Å². The maximum absolute atomic E-state index is 5.67. The lowest BCUT2D eigenvalue weighted by Gasteiger charge is -2.29. The molecule has 1 aromatic rings. The van der Waals surface area contributed by atoms with E-state index in [2.05, 4.69) is 35.6 Å². The van der Waals surface area contributed by atoms with Crippen LogP contribution in [0.5, 0.6) is 0 Å². The molecule has 0 radical (unpaired) electrons. The second-order valence-electron chi connectivity index (χ2n) is 4.73. The summed E-state index contributed by atoms with van der Waals surface area (Å²) in [6, 6.07) is 0.430. The first-order chi connectivity index (χ1) is 8.06. The Morgan fingerprint density at radius 3 is 2.65 bits per heavy atom. The molecule has 0 atom stereocenters. The van der Waals surface area contributed by atoms with Crippen LogP contribution in [0.1, 0.15) is 45.6 Å². The summed E-state index contributed by atoms with van der Waals surface area (Å²) < 4.78 is 0. The van der Waals surface area contributed by atoms with E-state index < -0.39 is 0 Å². The predicted molar refractivity (Wildman–Crippen MR) is 73.2 cm³/mol. The van der Waals surface area contributed by atoms with Gasteiger partial charge in [0.15, 0.2) is 0 Å². The summed E-state index contributed by atoms with van der Waals surface area (Å²) in [7, 11) is 0. The molecule has 0 aromatic carbocycles. The average molecular weight is 236 g/mol. The number of nitrogens with two attached hydrogens (primary N) is 1. The molecule has 96 valence electrons. The van der Waals surface area contributed by atoms with Crippen LogP contribution in [-0.4, -0.2) is 22.6 Å². The van der Waals surface area contributed by atoms with Crippen LogP contribution in [0.25, 0.3) is 0 Å². The van der Waals surface area contributed by atoms with E-state index in [4.69, 9.17) is 5.73 Å². The quantitative estimate of drug-likeness (QED) is 0.772. The van der Waals surface area contributed by atoms with Gasteiger partial charge in [-0.2, -0.15) is 4.98 Å². The lowest BCUT2D eigenvalue weighted by atomic mass is 10.2. The number of nitrogens with zero attached hydrogens (tertiary/aromatic N) is 3. The van der Waals surface area contributed by atoms with Crippen molar-refractivity contribution in [1.29, 1.82) is 0 Å². The van der Waals surface area contributed by atoms with Crippen LogP contribution in [0, 0.1) is 6.92 Å². The number of aryl methyl sites for hydroxylation is 1. The molecule has 0 fully saturated rings. The van der Waals surface area contributed by atoms with Gasteiger partial charge < -0.3 is 10.6 Å². The third-order valence-electron chi connectivity index (χ3n) is 2.86. The predicted octanol–water partition coefficient (Wildman–Crippen LogP) is 2.77. The SMILES string of the molecule is CCCCCN(c1nc(N)ncc1C)C(C)C. The molecular weight excluding hydrogens is 212 g/mol. The molecule has 4 heteroatoms. The van der Waals surface area contributed by atoms with Crippen molar-refractivity contribution in [1.82, 2.24) is 9.97 Å². The molecule has 0 bridgehead atoms. The largest absolute Gasteiger partial charge is 0.368 e. The molecule has 0 amide bonds. The minimum absolute atomic E-state index is 0.353. The Morgan fingerprint density at radius 2 is 2.06 bits per heavy atom. The maximum Gasteiger partial charge on any atom is 0.221 e. The highest BCUT2D eigenvalue weighted by Crippen LogP contribution is 2.20. The van der Waals surface area contributed by atoms with Crippen LogP contribution in [0.3, 0.4) is 0 Å². The Bertz CT molecular complexity index is 349. The van der Waals surface area contributed by atoms with Crippen molar-refractivity contribution in [2.45, 2.75) is 53.0 Å². The van der Waals surface area contributed by atoms with E-state index in [1.54, 1.807) is 6.20 Å². The smallest absolute Gasteiger partial charge is 0.221 e. The first-order valence-electron chi connectivity index (χ1n) is 6.42. The van der Waals surface area contributed by atoms with Crippen LogP contribution in [-0.2, 0) is 0 Å². The van der Waals surface area contributed by atoms with Crippen LogP contribution >= 0.6 is 0 Å². The van der Waals surface area contributed by atoms with Crippen molar-refractivity contribution in [3.8, 4) is 0 Å². The van der Waals surface area contributed by atoms with Crippen molar-refractivity contribution in [3.63, 3.8) is 0 Å². The van der Waals surface area contributed by atoms with E-state index in [9.17, 15) is 0 Å². The lowest BCUT2D eigenvalue weighted by Crippen LogP contribution is -2.33. The standard InChI is InChI=1S/C13H24N4/c1-5-6-7-8-17(10(2)3)12-11(4)9-15-13(14)16-12/h9-10H,5-8H2,1-4H3,(H2,14,15,16). The molecule has 1 heterocycles. The van der Waals surface area contributed by atoms with Gasteiger partial charge in [-0.25, -0.2) is 4.98 Å². The highest BCUT2D eigenvalue weighted by molar-refractivity contribution is 5.48. The summed E-state index contributed by atoms with van der Waals surface area (Å²) in [5, 5.41) is 0. The van der Waals surface area contributed by atoms with Gasteiger partial charge in [0.25, 0.3) is 0 Å². The number of anilines is 2. The second kappa shape index (κ2) is 6.42. The molecule has 0 spiro atoms. The van der Waals surface area contributed by atoms with Crippen molar-refractivity contribution >= 4 is 11.8 Å². The molecule has 1 rings (SSSR count). The molecule has 0 saturated carbocycles. The van der Waals surface area contributed by atoms with Gasteiger partial charge in [0.05, 0.1) is 0 Å². The molecule has 0 unspecified atom stereocenters. The molecule has 0 aliphatic carbocycles. The summed E-state index contributed by atoms with van der Waals surface area (Å²) in [6.45, 7) is 9.65. The van der Waals surface area contributed by atoms with Gasteiger partial charge in [0, 0.05) is 24.3 Å². The fourth-order valence-electron chi connectivity index (χ4n) is 1.88. The minimum Gasteiger partial charge on any atom is -0.368 e. The molecule has 2 N–H and O–H groups in total. The Kier molecular flexibility index (Phi) is 5.19. The van der Waals surface area contributed by atoms with E-state index in [0.29, 0.717) is 12.0 Å². The zero-order valence-electron chi connectivity index (χ0n) is 11.4. The number of hydrogen-bond acceptors (Lipinski definition) is 4. The van der Waals surface area contributed by atoms with Crippen molar-refractivity contribution in [2.75, 3.05) is 17.2 Å². The van der Waals surface area contributed by atoms with Gasteiger partial charge >= 0.3 is 0 Å². The monoisotopic (exact) mass is 236 g/mol. The average Bonchev–Trinajstić information content (AvgIpc) is 2.28. The molecule has 0 aliphatic heterocycles. The number of rotatable bonds is 6. The Morgan fingerprint density at radius 1 is 1.35 bits per heavy atom. The topological polar surface area (TPSA) is 55.0 Å². The summed E-state index contributed by atoms with van der Waals surface area (Å²) in [5.74, 6) is 1.33. The second-order valence-corrected chi connectivity index (χ2v) is 4.73. The third kappa shape index (κ3) is 3.88. The zero-order chi connectivity index (χ0) is 12.8. The number of hydrogen-bond donors (Lipinski definition) is 1. The molecule has 17 heavy (non-hydrogen) atoms. The zero-order valence-corrected chi connectivity index (χ0v) is 11.4. The van der Waals surface area contributed by atoms with Crippen LogP contribution < -0.4 is 10.6 Å². The van der Waals surface area contributed by atoms with Gasteiger partial charge in [0.2, 0.25) is 5.95 Å². The summed E-state index contributed by atoms with van der Waals surface area (Å²) >= 11 is 0. The van der Waals surface area contributed by atoms with Crippen molar-refractivity contribution in [2.24, 2.45) is 0 Å². The van der Waals surface area contributed by atoms with Crippen LogP contribution in [0.4, 0.5) is 11.8 Å². The van der Waals surface area contributed by atoms with E-state index in [1.165, 1.54) is 19.3 Å². The minimum atomic E-state index is 0.353. The van der Waals surface area contributed by atoms with Gasteiger partial charge in [-0.1, -0.05) is 19.8 Å². The normalized spacial score (nSPS) is 10.9. The van der Waals surface area contributed by atoms with Crippen molar-refractivity contribution in [3.05, 3.63) is 11.8 Å². The van der Waals surface area contributed by atoms with Gasteiger partial charge in [0.1, 0.15) is 5.82 Å². The number of aromatic nitrogens is 2. The van der Waals surface area contributed by atoms with Gasteiger partial charge in [-0.15, -0.1) is 0 Å². The summed E-state index contributed by atoms with van der Waals surface area (Å²) in [4.78, 5) is 10.7. The van der Waals surface area contributed by atoms with E-state index in [0.717, 1.165) is 17.9 Å². The van der Waals surface area contributed by atoms with Gasteiger partial charge in [-0.3, -0.25) is 0 Å². The first-order valence-corrected chi connectivity index (χ1v) is 6.42. The lowest BCUT2D eigenvalue weighted by molar-refractivity contribution is 0.618. The molecule has 1 aromatic heterocycles. The molecular formula is C13H24N4. The number of nitrogen functional groups attached to an aromatic ring is 1.